The van der Waals surface area contributed by atoms with Crippen LogP contribution in [0.5, 0.6) is 5.75 Å². The van der Waals surface area contributed by atoms with Gasteiger partial charge in [0.1, 0.15) is 17.6 Å². The molecule has 2 heterocycles. The molecule has 0 aliphatic carbocycles. The summed E-state index contributed by atoms with van der Waals surface area (Å²) < 4.78 is 10.8. The van der Waals surface area contributed by atoms with E-state index in [0.717, 1.165) is 11.3 Å². The largest absolute Gasteiger partial charge is 0.496 e. The number of hydrogen-bond donors (Lipinski definition) is 1. The maximum Gasteiger partial charge on any atom is 0.269 e. The molecule has 1 atom stereocenters. The molecular weight excluding hydrogens is 424 g/mol. The van der Waals surface area contributed by atoms with Crippen LogP contribution in [0.25, 0.3) is 22.8 Å². The minimum Gasteiger partial charge on any atom is -0.496 e. The molecule has 0 unspecified atom stereocenters. The van der Waals surface area contributed by atoms with E-state index >= 15 is 0 Å². The van der Waals surface area contributed by atoms with Gasteiger partial charge in [-0.1, -0.05) is 24.2 Å². The molecule has 168 valence electrons. The Hall–Kier alpha value is -4.34. The second-order valence-electron chi connectivity index (χ2n) is 7.25. The van der Waals surface area contributed by atoms with Gasteiger partial charge in [0.15, 0.2) is 5.82 Å². The number of nitro benzene ring substituents is 1. The van der Waals surface area contributed by atoms with Crippen molar-refractivity contribution < 1.29 is 14.2 Å². The van der Waals surface area contributed by atoms with E-state index in [1.165, 1.54) is 12.1 Å². The van der Waals surface area contributed by atoms with Gasteiger partial charge >= 0.3 is 0 Å². The molecule has 1 N–H and O–H groups in total. The highest BCUT2D eigenvalue weighted by molar-refractivity contribution is 5.63. The number of hydrogen-bond acceptors (Lipinski definition) is 9. The van der Waals surface area contributed by atoms with Crippen LogP contribution in [0, 0.1) is 10.1 Å². The molecule has 33 heavy (non-hydrogen) atoms. The lowest BCUT2D eigenvalue weighted by Gasteiger charge is -2.13. The normalized spacial score (nSPS) is 11.7. The molecule has 0 spiro atoms. The van der Waals surface area contributed by atoms with Gasteiger partial charge < -0.3 is 14.6 Å². The molecule has 10 nitrogen and oxygen atoms in total. The number of para-hydroxylation sites is 1. The van der Waals surface area contributed by atoms with E-state index in [1.54, 1.807) is 19.2 Å². The Bertz CT molecular complexity index is 1270. The summed E-state index contributed by atoms with van der Waals surface area (Å²) in [4.78, 5) is 24.1. The highest BCUT2D eigenvalue weighted by atomic mass is 16.6. The predicted octanol–water partition coefficient (Wildman–Crippen LogP) is 4.85. The van der Waals surface area contributed by atoms with Crippen molar-refractivity contribution in [3.63, 3.8) is 0 Å². The number of aryl methyl sites for hydroxylation is 1. The average molecular weight is 446 g/mol. The first-order valence-corrected chi connectivity index (χ1v) is 10.3. The molecule has 0 bridgehead atoms. The number of aromatic nitrogens is 4. The molecule has 0 amide bonds. The zero-order chi connectivity index (χ0) is 23.4. The van der Waals surface area contributed by atoms with E-state index in [1.807, 2.05) is 44.2 Å². The monoisotopic (exact) mass is 446 g/mol. The third kappa shape index (κ3) is 4.79. The maximum atomic E-state index is 10.9. The molecule has 4 aromatic rings. The summed E-state index contributed by atoms with van der Waals surface area (Å²) in [6.45, 7) is 3.88. The topological polar surface area (TPSA) is 129 Å². The van der Waals surface area contributed by atoms with Gasteiger partial charge in [-0.25, -0.2) is 9.97 Å². The van der Waals surface area contributed by atoms with Gasteiger partial charge in [0.25, 0.3) is 5.69 Å². The van der Waals surface area contributed by atoms with Crippen molar-refractivity contribution in [3.05, 3.63) is 76.3 Å². The van der Waals surface area contributed by atoms with Crippen molar-refractivity contribution in [2.45, 2.75) is 26.3 Å². The number of non-ortho nitro benzene ring substituents is 1. The van der Waals surface area contributed by atoms with E-state index in [0.29, 0.717) is 41.1 Å². The quantitative estimate of drug-likeness (QED) is 0.298. The molecule has 0 saturated heterocycles. The van der Waals surface area contributed by atoms with Crippen LogP contribution >= 0.6 is 0 Å². The van der Waals surface area contributed by atoms with E-state index < -0.39 is 4.92 Å². The summed E-state index contributed by atoms with van der Waals surface area (Å²) in [7, 11) is 1.59. The lowest BCUT2D eigenvalue weighted by atomic mass is 10.2. The Morgan fingerprint density at radius 1 is 1.09 bits per heavy atom. The summed E-state index contributed by atoms with van der Waals surface area (Å²) in [5.74, 6) is 2.53. The average Bonchev–Trinajstić information content (AvgIpc) is 3.34. The smallest absolute Gasteiger partial charge is 0.269 e. The molecule has 2 aromatic carbocycles. The van der Waals surface area contributed by atoms with Crippen LogP contribution in [0.4, 0.5) is 11.5 Å². The number of rotatable bonds is 8. The molecule has 4 rings (SSSR count). The molecule has 0 aliphatic rings. The van der Waals surface area contributed by atoms with Crippen LogP contribution in [0.1, 0.15) is 31.5 Å². The third-order valence-electron chi connectivity index (χ3n) is 5.00. The van der Waals surface area contributed by atoms with Gasteiger partial charge in [-0.05, 0) is 37.6 Å². The summed E-state index contributed by atoms with van der Waals surface area (Å²) in [6, 6.07) is 15.1. The van der Waals surface area contributed by atoms with Gasteiger partial charge in [-0.3, -0.25) is 10.1 Å². The number of benzene rings is 2. The minimum atomic E-state index is -0.439. The zero-order valence-electron chi connectivity index (χ0n) is 18.3. The fourth-order valence-corrected chi connectivity index (χ4v) is 3.25. The maximum absolute atomic E-state index is 10.9. The number of ether oxygens (including phenoxy) is 1. The number of anilines is 1. The van der Waals surface area contributed by atoms with Crippen LogP contribution in [0.15, 0.2) is 59.1 Å². The predicted molar refractivity (Wildman–Crippen MR) is 122 cm³/mol. The fraction of sp³-hybridized carbons (Fsp3) is 0.217. The van der Waals surface area contributed by atoms with Crippen LogP contribution in [0.2, 0.25) is 0 Å². The number of nitro groups is 1. The SMILES string of the molecule is CCc1cc(N[C@H](C)c2nc(-c3ccccc3OC)no2)nc(-c2ccc([N+](=O)[O-])cc2)n1. The molecule has 0 fully saturated rings. The standard InChI is InChI=1S/C23H22N6O4/c1-4-16-13-20(26-21(25-16)15-9-11-17(12-10-15)29(30)31)24-14(2)23-27-22(28-33-23)18-7-5-6-8-19(18)32-3/h5-14H,4H2,1-3H3,(H,24,25,26)/t14-/m1/s1. The number of nitrogens with one attached hydrogen (secondary N) is 1. The number of nitrogens with zero attached hydrogens (tertiary/aromatic N) is 5. The van der Waals surface area contributed by atoms with Gasteiger partial charge in [0, 0.05) is 29.5 Å². The van der Waals surface area contributed by atoms with Crippen molar-refractivity contribution in [2.75, 3.05) is 12.4 Å². The van der Waals surface area contributed by atoms with Crippen LogP contribution in [-0.2, 0) is 6.42 Å². The minimum absolute atomic E-state index is 0.0135. The summed E-state index contributed by atoms with van der Waals surface area (Å²) in [5.41, 5.74) is 2.26. The highest BCUT2D eigenvalue weighted by Gasteiger charge is 2.18. The van der Waals surface area contributed by atoms with Crippen molar-refractivity contribution in [1.82, 2.24) is 20.1 Å². The van der Waals surface area contributed by atoms with E-state index in [9.17, 15) is 10.1 Å². The Labute approximate surface area is 189 Å². The summed E-state index contributed by atoms with van der Waals surface area (Å²) in [5, 5.41) is 18.3. The summed E-state index contributed by atoms with van der Waals surface area (Å²) in [6.07, 6.45) is 0.698. The molecule has 10 heteroatoms. The first-order valence-electron chi connectivity index (χ1n) is 10.3. The van der Waals surface area contributed by atoms with Crippen LogP contribution in [-0.4, -0.2) is 32.1 Å². The zero-order valence-corrected chi connectivity index (χ0v) is 18.3. The fourth-order valence-electron chi connectivity index (χ4n) is 3.25. The third-order valence-corrected chi connectivity index (χ3v) is 5.00. The van der Waals surface area contributed by atoms with Gasteiger partial charge in [0.2, 0.25) is 11.7 Å². The lowest BCUT2D eigenvalue weighted by Crippen LogP contribution is -2.10. The lowest BCUT2D eigenvalue weighted by molar-refractivity contribution is -0.384. The van der Waals surface area contributed by atoms with Crippen molar-refractivity contribution >= 4 is 11.5 Å². The Kier molecular flexibility index (Phi) is 6.25. The first kappa shape index (κ1) is 21.9. The highest BCUT2D eigenvalue weighted by Crippen LogP contribution is 2.29. The molecular formula is C23H22N6O4. The van der Waals surface area contributed by atoms with Crippen molar-refractivity contribution in [2.24, 2.45) is 0 Å². The Morgan fingerprint density at radius 2 is 1.85 bits per heavy atom. The first-order chi connectivity index (χ1) is 16.0. The molecule has 2 aromatic heterocycles. The molecule has 0 saturated carbocycles. The van der Waals surface area contributed by atoms with E-state index in [-0.39, 0.29) is 11.7 Å². The van der Waals surface area contributed by atoms with Gasteiger partial charge in [-0.15, -0.1) is 0 Å². The van der Waals surface area contributed by atoms with Crippen molar-refractivity contribution in [3.8, 4) is 28.5 Å². The Morgan fingerprint density at radius 3 is 2.55 bits per heavy atom. The van der Waals surface area contributed by atoms with Crippen LogP contribution in [0.3, 0.4) is 0 Å². The summed E-state index contributed by atoms with van der Waals surface area (Å²) >= 11 is 0. The van der Waals surface area contributed by atoms with E-state index in [4.69, 9.17) is 9.26 Å². The molecule has 0 radical (unpaired) electrons. The van der Waals surface area contributed by atoms with E-state index in [2.05, 4.69) is 25.4 Å². The second kappa shape index (κ2) is 9.43. The van der Waals surface area contributed by atoms with Gasteiger partial charge in [-0.2, -0.15) is 4.98 Å². The van der Waals surface area contributed by atoms with Gasteiger partial charge in [0.05, 0.1) is 17.6 Å². The van der Waals surface area contributed by atoms with Crippen LogP contribution < -0.4 is 10.1 Å². The second-order valence-corrected chi connectivity index (χ2v) is 7.25. The Balaban J connectivity index is 1.58. The molecule has 0 aliphatic heterocycles. The number of methoxy groups -OCH3 is 1. The van der Waals surface area contributed by atoms with Crippen molar-refractivity contribution in [1.29, 1.82) is 0 Å².